The number of hydrogen-bond acceptors (Lipinski definition) is 10. The molecule has 3 aliphatic carbocycles. The van der Waals surface area contributed by atoms with E-state index in [4.69, 9.17) is 5.73 Å². The Hall–Kier alpha value is -3.70. The summed E-state index contributed by atoms with van der Waals surface area (Å²) >= 11 is 0. The van der Waals surface area contributed by atoms with Gasteiger partial charge in [-0.25, -0.2) is 0 Å². The number of fused-ring (bicyclic) bond motifs is 3. The molecule has 0 radical (unpaired) electrons. The van der Waals surface area contributed by atoms with Crippen molar-refractivity contribution in [3.63, 3.8) is 0 Å². The molecule has 11 nitrogen and oxygen atoms in total. The van der Waals surface area contributed by atoms with Gasteiger partial charge in [0.2, 0.25) is 5.78 Å². The molecule has 0 aromatic heterocycles. The normalized spacial score (nSPS) is 26.8. The van der Waals surface area contributed by atoms with Crippen LogP contribution in [0, 0.1) is 11.8 Å². The lowest BCUT2D eigenvalue weighted by molar-refractivity contribution is -0.153. The van der Waals surface area contributed by atoms with E-state index in [2.05, 4.69) is 0 Å². The van der Waals surface area contributed by atoms with Crippen molar-refractivity contribution < 1.29 is 39.6 Å². The summed E-state index contributed by atoms with van der Waals surface area (Å²) in [7, 11) is 6.59. The third-order valence-electron chi connectivity index (χ3n) is 7.96. The van der Waals surface area contributed by atoms with Crippen LogP contribution in [0.1, 0.15) is 47.7 Å². The molecule has 0 aliphatic heterocycles. The number of amides is 1. The van der Waals surface area contributed by atoms with Crippen molar-refractivity contribution in [2.75, 3.05) is 33.1 Å². The number of phenolic OH excluding ortho intramolecular Hbond substituents is 1. The largest absolute Gasteiger partial charge is 0.508 e. The highest BCUT2D eigenvalue weighted by Gasteiger charge is 2.64. The van der Waals surface area contributed by atoms with Crippen molar-refractivity contribution >= 4 is 34.7 Å². The van der Waals surface area contributed by atoms with E-state index in [0.29, 0.717) is 17.7 Å². The summed E-state index contributed by atoms with van der Waals surface area (Å²) in [6.07, 6.45) is 0.843. The molecule has 0 unspecified atom stereocenters. The molecule has 0 saturated heterocycles. The van der Waals surface area contributed by atoms with Gasteiger partial charge in [0.1, 0.15) is 22.8 Å². The molecule has 1 aromatic rings. The Labute approximate surface area is 219 Å². The Bertz CT molecular complexity index is 1340. The number of aromatic hydroxyl groups is 1. The highest BCUT2D eigenvalue weighted by Crippen LogP contribution is 2.54. The van der Waals surface area contributed by atoms with Gasteiger partial charge in [0.25, 0.3) is 5.91 Å². The van der Waals surface area contributed by atoms with E-state index in [1.807, 2.05) is 6.92 Å². The molecular weight excluding hydrogens is 494 g/mol. The van der Waals surface area contributed by atoms with Crippen LogP contribution >= 0.6 is 0 Å². The van der Waals surface area contributed by atoms with Crippen LogP contribution < -0.4 is 10.6 Å². The number of aliphatic hydroxyl groups is 3. The van der Waals surface area contributed by atoms with Crippen LogP contribution in [-0.2, 0) is 20.8 Å². The number of aliphatic hydroxyl groups excluding tert-OH is 2. The van der Waals surface area contributed by atoms with Gasteiger partial charge in [0, 0.05) is 37.7 Å². The first kappa shape index (κ1) is 27.3. The topological polar surface area (TPSA) is 182 Å². The van der Waals surface area contributed by atoms with Crippen molar-refractivity contribution in [1.82, 2.24) is 4.90 Å². The summed E-state index contributed by atoms with van der Waals surface area (Å²) in [5, 5.41) is 45.2. The van der Waals surface area contributed by atoms with E-state index in [0.717, 1.165) is 0 Å². The SMILES string of the molecule is CCCC(=O)c1cc(N(C)C)c2c(c1O)C(O)=C1C(=O)[C@]3(O)C(O)=C(C(N)=O)C(=O)[C@@H](N(C)C)[C@@H]3C[C@@H]1C2. The van der Waals surface area contributed by atoms with Gasteiger partial charge in [-0.05, 0) is 50.9 Å². The second kappa shape index (κ2) is 9.25. The molecule has 1 aromatic carbocycles. The molecular formula is C27H33N3O8. The van der Waals surface area contributed by atoms with Crippen LogP contribution in [0.3, 0.4) is 0 Å². The molecule has 38 heavy (non-hydrogen) atoms. The Morgan fingerprint density at radius 1 is 1.13 bits per heavy atom. The molecule has 3 aliphatic rings. The minimum absolute atomic E-state index is 0.00406. The van der Waals surface area contributed by atoms with Gasteiger partial charge in [0.05, 0.1) is 17.2 Å². The standard InChI is InChI=1S/C27H33N3O8/c1-6-7-16(31)13-10-15(29(2)3)12-8-11-9-14-20(30(4)5)23(34)19(26(28)37)25(36)27(14,38)24(35)17(11)22(33)18(12)21(13)32/h10-11,14,20,32-33,36,38H,6-9H2,1-5H3,(H2,28,37)/t11-,14-,20-,27-/m0/s1. The summed E-state index contributed by atoms with van der Waals surface area (Å²) in [6, 6.07) is 0.412. The van der Waals surface area contributed by atoms with E-state index in [1.54, 1.807) is 39.2 Å². The van der Waals surface area contributed by atoms with Crippen LogP contribution in [0.5, 0.6) is 5.75 Å². The fourth-order valence-electron chi connectivity index (χ4n) is 6.27. The summed E-state index contributed by atoms with van der Waals surface area (Å²) in [4.78, 5) is 55.2. The van der Waals surface area contributed by atoms with Crippen LogP contribution in [-0.4, -0.2) is 88.4 Å². The maximum absolute atomic E-state index is 13.9. The average molecular weight is 528 g/mol. The first-order valence-corrected chi connectivity index (χ1v) is 12.4. The number of rotatable bonds is 6. The number of benzene rings is 1. The number of Topliss-reactive ketones (excluding diaryl/α,β-unsaturated/α-hetero) is 3. The van der Waals surface area contributed by atoms with Gasteiger partial charge in [-0.1, -0.05) is 6.92 Å². The number of phenols is 1. The van der Waals surface area contributed by atoms with Crippen LogP contribution in [0.2, 0.25) is 0 Å². The van der Waals surface area contributed by atoms with Crippen molar-refractivity contribution in [2.45, 2.75) is 44.2 Å². The predicted molar refractivity (Wildman–Crippen MR) is 138 cm³/mol. The molecule has 1 fully saturated rings. The van der Waals surface area contributed by atoms with Crippen molar-refractivity contribution in [2.24, 2.45) is 17.6 Å². The number of likely N-dealkylation sites (N-methyl/N-ethyl adjacent to an activating group) is 1. The van der Waals surface area contributed by atoms with Gasteiger partial charge in [0.15, 0.2) is 17.2 Å². The molecule has 4 atom stereocenters. The minimum Gasteiger partial charge on any atom is -0.508 e. The molecule has 0 heterocycles. The summed E-state index contributed by atoms with van der Waals surface area (Å²) < 4.78 is 0. The Morgan fingerprint density at radius 3 is 2.29 bits per heavy atom. The first-order valence-electron chi connectivity index (χ1n) is 12.4. The second-order valence-corrected chi connectivity index (χ2v) is 10.7. The van der Waals surface area contributed by atoms with Crippen LogP contribution in [0.4, 0.5) is 5.69 Å². The highest BCUT2D eigenvalue weighted by molar-refractivity contribution is 6.24. The second-order valence-electron chi connectivity index (χ2n) is 10.7. The Morgan fingerprint density at radius 2 is 1.76 bits per heavy atom. The van der Waals surface area contributed by atoms with E-state index < -0.39 is 63.8 Å². The zero-order valence-corrected chi connectivity index (χ0v) is 22.0. The molecule has 0 spiro atoms. The van der Waals surface area contributed by atoms with E-state index >= 15 is 0 Å². The molecule has 1 saturated carbocycles. The highest BCUT2D eigenvalue weighted by atomic mass is 16.3. The Balaban J connectivity index is 2.01. The number of carbonyl (C=O) groups excluding carboxylic acids is 4. The number of nitrogens with two attached hydrogens (primary N) is 1. The third-order valence-corrected chi connectivity index (χ3v) is 7.96. The van der Waals surface area contributed by atoms with Gasteiger partial charge in [-0.2, -0.15) is 0 Å². The maximum atomic E-state index is 13.9. The van der Waals surface area contributed by atoms with E-state index in [1.165, 1.54) is 4.90 Å². The molecule has 4 rings (SSSR count). The lowest BCUT2D eigenvalue weighted by Gasteiger charge is -2.50. The third kappa shape index (κ3) is 3.64. The number of hydrogen-bond donors (Lipinski definition) is 5. The molecule has 1 amide bonds. The average Bonchev–Trinajstić information content (AvgIpc) is 2.81. The molecule has 204 valence electrons. The number of nitrogens with zero attached hydrogens (tertiary/aromatic N) is 2. The summed E-state index contributed by atoms with van der Waals surface area (Å²) in [5.41, 5.74) is 2.50. The molecule has 6 N–H and O–H groups in total. The lowest BCUT2D eigenvalue weighted by atomic mass is 9.57. The zero-order chi connectivity index (χ0) is 28.4. The first-order chi connectivity index (χ1) is 17.7. The quantitative estimate of drug-likeness (QED) is 0.264. The number of anilines is 1. The predicted octanol–water partition coefficient (Wildman–Crippen LogP) is 1.01. The van der Waals surface area contributed by atoms with Gasteiger partial charge in [-0.3, -0.25) is 24.1 Å². The zero-order valence-electron chi connectivity index (χ0n) is 22.0. The van der Waals surface area contributed by atoms with Crippen molar-refractivity contribution in [3.8, 4) is 5.75 Å². The van der Waals surface area contributed by atoms with Gasteiger partial charge < -0.3 is 31.1 Å². The number of primary amides is 1. The minimum atomic E-state index is -2.71. The maximum Gasteiger partial charge on any atom is 0.255 e. The fraction of sp³-hybridized carbons (Fsp3) is 0.481. The molecule has 11 heteroatoms. The Kier molecular flexibility index (Phi) is 6.65. The summed E-state index contributed by atoms with van der Waals surface area (Å²) in [5.74, 6) is -7.59. The van der Waals surface area contributed by atoms with Crippen LogP contribution in [0.25, 0.3) is 5.76 Å². The fourth-order valence-corrected chi connectivity index (χ4v) is 6.27. The van der Waals surface area contributed by atoms with E-state index in [-0.39, 0.29) is 41.7 Å². The van der Waals surface area contributed by atoms with Gasteiger partial charge in [-0.15, -0.1) is 0 Å². The summed E-state index contributed by atoms with van der Waals surface area (Å²) in [6.45, 7) is 1.82. The van der Waals surface area contributed by atoms with Gasteiger partial charge >= 0.3 is 0 Å². The van der Waals surface area contributed by atoms with Crippen molar-refractivity contribution in [3.05, 3.63) is 39.7 Å². The lowest BCUT2D eigenvalue weighted by Crippen LogP contribution is -2.65. The number of carbonyl (C=O) groups is 4. The van der Waals surface area contributed by atoms with E-state index in [9.17, 15) is 39.6 Å². The smallest absolute Gasteiger partial charge is 0.255 e. The van der Waals surface area contributed by atoms with Crippen LogP contribution in [0.15, 0.2) is 23.0 Å². The molecule has 0 bridgehead atoms. The number of ketones is 3. The van der Waals surface area contributed by atoms with Crippen molar-refractivity contribution in [1.29, 1.82) is 0 Å². The monoisotopic (exact) mass is 527 g/mol.